The lowest BCUT2D eigenvalue weighted by atomic mass is 9.95. The SMILES string of the molecule is Cc1cnc(NC(=O)c2ccccc2-c2ccccc2C#N)s1. The van der Waals surface area contributed by atoms with E-state index in [1.807, 2.05) is 37.3 Å². The van der Waals surface area contributed by atoms with Gasteiger partial charge in [-0.25, -0.2) is 4.98 Å². The molecular weight excluding hydrogens is 306 g/mol. The van der Waals surface area contributed by atoms with Crippen molar-refractivity contribution in [1.29, 1.82) is 5.26 Å². The number of amides is 1. The molecule has 0 aliphatic carbocycles. The van der Waals surface area contributed by atoms with Crippen LogP contribution in [0.3, 0.4) is 0 Å². The number of benzene rings is 2. The van der Waals surface area contributed by atoms with Gasteiger partial charge in [-0.1, -0.05) is 36.4 Å². The lowest BCUT2D eigenvalue weighted by molar-refractivity contribution is 0.102. The maximum absolute atomic E-state index is 12.6. The minimum absolute atomic E-state index is 0.234. The molecule has 112 valence electrons. The zero-order chi connectivity index (χ0) is 16.2. The standard InChI is InChI=1S/C18H13N3OS/c1-12-11-20-18(23-12)21-17(22)16-9-5-4-8-15(16)14-7-3-2-6-13(14)10-19/h2-9,11H,1H3,(H,20,21,22). The summed E-state index contributed by atoms with van der Waals surface area (Å²) < 4.78 is 0. The van der Waals surface area contributed by atoms with Gasteiger partial charge in [0.15, 0.2) is 5.13 Å². The van der Waals surface area contributed by atoms with E-state index in [0.717, 1.165) is 16.0 Å². The highest BCUT2D eigenvalue weighted by atomic mass is 32.1. The van der Waals surface area contributed by atoms with Crippen molar-refractivity contribution in [2.45, 2.75) is 6.92 Å². The second-order valence-corrected chi connectivity index (χ2v) is 6.17. The van der Waals surface area contributed by atoms with Gasteiger partial charge in [0.25, 0.3) is 5.91 Å². The molecule has 0 saturated heterocycles. The van der Waals surface area contributed by atoms with Gasteiger partial charge in [-0.05, 0) is 24.6 Å². The fourth-order valence-electron chi connectivity index (χ4n) is 2.31. The van der Waals surface area contributed by atoms with E-state index in [1.165, 1.54) is 11.3 Å². The van der Waals surface area contributed by atoms with Gasteiger partial charge in [0.2, 0.25) is 0 Å². The Kier molecular flexibility index (Phi) is 4.18. The summed E-state index contributed by atoms with van der Waals surface area (Å²) in [5, 5.41) is 12.7. The fourth-order valence-corrected chi connectivity index (χ4v) is 2.97. The normalized spacial score (nSPS) is 10.1. The summed E-state index contributed by atoms with van der Waals surface area (Å²) in [6.07, 6.45) is 1.72. The first kappa shape index (κ1) is 14.9. The number of carbonyl (C=O) groups is 1. The van der Waals surface area contributed by atoms with E-state index in [4.69, 9.17) is 0 Å². The summed E-state index contributed by atoms with van der Waals surface area (Å²) >= 11 is 1.42. The van der Waals surface area contributed by atoms with E-state index in [9.17, 15) is 10.1 Å². The topological polar surface area (TPSA) is 65.8 Å². The quantitative estimate of drug-likeness (QED) is 0.785. The zero-order valence-corrected chi connectivity index (χ0v) is 13.2. The number of rotatable bonds is 3. The first-order chi connectivity index (χ1) is 11.2. The second-order valence-electron chi connectivity index (χ2n) is 4.93. The van der Waals surface area contributed by atoms with Crippen LogP contribution in [-0.2, 0) is 0 Å². The Morgan fingerprint density at radius 3 is 2.52 bits per heavy atom. The number of aryl methyl sites for hydroxylation is 1. The number of carbonyl (C=O) groups excluding carboxylic acids is 1. The molecule has 1 heterocycles. The van der Waals surface area contributed by atoms with Crippen LogP contribution in [0.25, 0.3) is 11.1 Å². The van der Waals surface area contributed by atoms with E-state index < -0.39 is 0 Å². The number of hydrogen-bond donors (Lipinski definition) is 1. The molecule has 1 N–H and O–H groups in total. The average molecular weight is 319 g/mol. The number of nitrogens with one attached hydrogen (secondary N) is 1. The minimum atomic E-state index is -0.234. The van der Waals surface area contributed by atoms with Gasteiger partial charge in [-0.3, -0.25) is 10.1 Å². The Labute approximate surface area is 138 Å². The molecule has 23 heavy (non-hydrogen) atoms. The molecule has 0 fully saturated rings. The van der Waals surface area contributed by atoms with Crippen LogP contribution >= 0.6 is 11.3 Å². The van der Waals surface area contributed by atoms with Gasteiger partial charge in [-0.15, -0.1) is 11.3 Å². The van der Waals surface area contributed by atoms with Crippen LogP contribution in [0.15, 0.2) is 54.7 Å². The molecule has 2 aromatic carbocycles. The average Bonchev–Trinajstić information content (AvgIpc) is 2.99. The first-order valence-corrected chi connectivity index (χ1v) is 7.83. The first-order valence-electron chi connectivity index (χ1n) is 7.01. The van der Waals surface area contributed by atoms with Gasteiger partial charge >= 0.3 is 0 Å². The molecule has 0 unspecified atom stereocenters. The number of hydrogen-bond acceptors (Lipinski definition) is 4. The van der Waals surface area contributed by atoms with Crippen LogP contribution in [0.4, 0.5) is 5.13 Å². The molecule has 0 aliphatic rings. The molecular formula is C18H13N3OS. The number of anilines is 1. The summed E-state index contributed by atoms with van der Waals surface area (Å²) in [4.78, 5) is 17.8. The third-order valence-electron chi connectivity index (χ3n) is 3.35. The number of aromatic nitrogens is 1. The Bertz CT molecular complexity index is 908. The summed E-state index contributed by atoms with van der Waals surface area (Å²) in [5.74, 6) is -0.234. The van der Waals surface area contributed by atoms with Crippen molar-refractivity contribution in [3.05, 3.63) is 70.7 Å². The van der Waals surface area contributed by atoms with Crippen LogP contribution in [0.1, 0.15) is 20.8 Å². The van der Waals surface area contributed by atoms with Crippen molar-refractivity contribution < 1.29 is 4.79 Å². The van der Waals surface area contributed by atoms with Crippen molar-refractivity contribution >= 4 is 22.4 Å². The van der Waals surface area contributed by atoms with E-state index in [2.05, 4.69) is 16.4 Å². The van der Waals surface area contributed by atoms with Crippen molar-refractivity contribution in [2.75, 3.05) is 5.32 Å². The summed E-state index contributed by atoms with van der Waals surface area (Å²) in [6.45, 7) is 1.93. The Hall–Kier alpha value is -2.97. The van der Waals surface area contributed by atoms with E-state index in [-0.39, 0.29) is 5.91 Å². The van der Waals surface area contributed by atoms with Gasteiger partial charge in [0.05, 0.1) is 11.6 Å². The molecule has 0 radical (unpaired) electrons. The lowest BCUT2D eigenvalue weighted by Crippen LogP contribution is -2.13. The van der Waals surface area contributed by atoms with Crippen LogP contribution < -0.4 is 5.32 Å². The lowest BCUT2D eigenvalue weighted by Gasteiger charge is -2.10. The van der Waals surface area contributed by atoms with Gasteiger partial charge in [-0.2, -0.15) is 5.26 Å². The van der Waals surface area contributed by atoms with Crippen LogP contribution in [0.5, 0.6) is 0 Å². The minimum Gasteiger partial charge on any atom is -0.298 e. The maximum Gasteiger partial charge on any atom is 0.258 e. The predicted octanol–water partition coefficient (Wildman–Crippen LogP) is 4.24. The summed E-state index contributed by atoms with van der Waals surface area (Å²) in [5.41, 5.74) is 2.53. The Morgan fingerprint density at radius 1 is 1.13 bits per heavy atom. The summed E-state index contributed by atoms with van der Waals surface area (Å²) in [6, 6.07) is 16.7. The van der Waals surface area contributed by atoms with E-state index >= 15 is 0 Å². The van der Waals surface area contributed by atoms with E-state index in [0.29, 0.717) is 16.3 Å². The monoisotopic (exact) mass is 319 g/mol. The second kappa shape index (κ2) is 6.42. The molecule has 0 saturated carbocycles. The zero-order valence-electron chi connectivity index (χ0n) is 12.4. The highest BCUT2D eigenvalue weighted by Gasteiger charge is 2.15. The molecule has 3 aromatic rings. The Morgan fingerprint density at radius 2 is 1.83 bits per heavy atom. The molecule has 0 atom stereocenters. The molecule has 4 nitrogen and oxygen atoms in total. The number of nitrogens with zero attached hydrogens (tertiary/aromatic N) is 2. The van der Waals surface area contributed by atoms with Crippen molar-refractivity contribution in [3.8, 4) is 17.2 Å². The van der Waals surface area contributed by atoms with Crippen molar-refractivity contribution in [3.63, 3.8) is 0 Å². The van der Waals surface area contributed by atoms with Crippen molar-refractivity contribution in [2.24, 2.45) is 0 Å². The molecule has 0 spiro atoms. The highest BCUT2D eigenvalue weighted by molar-refractivity contribution is 7.15. The predicted molar refractivity (Wildman–Crippen MR) is 91.4 cm³/mol. The number of nitriles is 1. The Balaban J connectivity index is 2.01. The third kappa shape index (κ3) is 3.12. The van der Waals surface area contributed by atoms with Gasteiger partial charge < -0.3 is 0 Å². The molecule has 3 rings (SSSR count). The molecule has 0 bridgehead atoms. The van der Waals surface area contributed by atoms with Gasteiger partial charge in [0.1, 0.15) is 0 Å². The summed E-state index contributed by atoms with van der Waals surface area (Å²) in [7, 11) is 0. The van der Waals surface area contributed by atoms with E-state index in [1.54, 1.807) is 24.4 Å². The fraction of sp³-hybridized carbons (Fsp3) is 0.0556. The molecule has 0 aliphatic heterocycles. The van der Waals surface area contributed by atoms with Crippen LogP contribution in [0, 0.1) is 18.3 Å². The largest absolute Gasteiger partial charge is 0.298 e. The molecule has 1 aromatic heterocycles. The van der Waals surface area contributed by atoms with Crippen LogP contribution in [-0.4, -0.2) is 10.9 Å². The number of thiazole rings is 1. The molecule has 1 amide bonds. The molecule has 5 heteroatoms. The highest BCUT2D eigenvalue weighted by Crippen LogP contribution is 2.28. The smallest absolute Gasteiger partial charge is 0.258 e. The van der Waals surface area contributed by atoms with Crippen LogP contribution in [0.2, 0.25) is 0 Å². The van der Waals surface area contributed by atoms with Crippen molar-refractivity contribution in [1.82, 2.24) is 4.98 Å². The third-order valence-corrected chi connectivity index (χ3v) is 4.18. The maximum atomic E-state index is 12.6. The van der Waals surface area contributed by atoms with Gasteiger partial charge in [0, 0.05) is 22.2 Å².